The maximum Gasteiger partial charge on any atom is 0.0709 e. The highest BCUT2D eigenvalue weighted by atomic mass is 35.5. The Kier molecular flexibility index (Phi) is 3.68. The van der Waals surface area contributed by atoms with Gasteiger partial charge >= 0.3 is 0 Å². The van der Waals surface area contributed by atoms with Gasteiger partial charge in [0.2, 0.25) is 0 Å². The molecule has 1 aromatic heterocycles. The summed E-state index contributed by atoms with van der Waals surface area (Å²) in [5.41, 5.74) is 11.9. The maximum atomic E-state index is 6.10. The molecule has 0 saturated carbocycles. The Balaban J connectivity index is 1.79. The van der Waals surface area contributed by atoms with E-state index in [0.717, 1.165) is 33.3 Å². The van der Waals surface area contributed by atoms with Crippen LogP contribution in [-0.2, 0) is 0 Å². The molecule has 4 aromatic rings. The highest BCUT2D eigenvalue weighted by Gasteiger charge is 2.06. The van der Waals surface area contributed by atoms with Crippen molar-refractivity contribution in [3.05, 3.63) is 83.9 Å². The van der Waals surface area contributed by atoms with Crippen LogP contribution < -0.4 is 5.73 Å². The van der Waals surface area contributed by atoms with E-state index >= 15 is 0 Å². The minimum absolute atomic E-state index is 0.645. The van der Waals surface area contributed by atoms with Gasteiger partial charge in [0.15, 0.2) is 0 Å². The van der Waals surface area contributed by atoms with Crippen molar-refractivity contribution in [1.29, 1.82) is 0 Å². The first-order valence-corrected chi connectivity index (χ1v) is 8.10. The van der Waals surface area contributed by atoms with Crippen molar-refractivity contribution in [2.24, 2.45) is 0 Å². The molecular formula is C21H15ClN2. The van der Waals surface area contributed by atoms with Crippen LogP contribution in [-0.4, -0.2) is 4.98 Å². The summed E-state index contributed by atoms with van der Waals surface area (Å²) in [6.07, 6.45) is 0. The molecule has 1 heterocycles. The average molecular weight is 331 g/mol. The number of rotatable bonds is 2. The molecule has 0 spiro atoms. The Bertz CT molecular complexity index is 1030. The molecule has 0 aliphatic rings. The molecule has 0 atom stereocenters. The van der Waals surface area contributed by atoms with Crippen molar-refractivity contribution in [2.45, 2.75) is 0 Å². The third kappa shape index (κ3) is 2.72. The van der Waals surface area contributed by atoms with E-state index < -0.39 is 0 Å². The first-order valence-electron chi connectivity index (χ1n) is 7.72. The van der Waals surface area contributed by atoms with E-state index in [2.05, 4.69) is 24.3 Å². The summed E-state index contributed by atoms with van der Waals surface area (Å²) in [7, 11) is 0. The number of hydrogen-bond donors (Lipinski definition) is 1. The second kappa shape index (κ2) is 5.99. The molecule has 0 aliphatic carbocycles. The molecule has 0 unspecified atom stereocenters. The van der Waals surface area contributed by atoms with Gasteiger partial charge in [-0.05, 0) is 35.9 Å². The Hall–Kier alpha value is -2.84. The molecule has 3 heteroatoms. The lowest BCUT2D eigenvalue weighted by Crippen LogP contribution is -1.91. The van der Waals surface area contributed by atoms with Gasteiger partial charge in [-0.15, -0.1) is 0 Å². The minimum atomic E-state index is 0.645. The normalized spacial score (nSPS) is 10.9. The van der Waals surface area contributed by atoms with Gasteiger partial charge in [-0.25, -0.2) is 4.98 Å². The standard InChI is InChI=1S/C21H15ClN2/c22-17-8-9-18(19(23)13-17)15-6-10-21-16(12-15)7-11-20(24-21)14-4-2-1-3-5-14/h1-13H,23H2. The summed E-state index contributed by atoms with van der Waals surface area (Å²) in [5.74, 6) is 0. The Morgan fingerprint density at radius 1 is 0.750 bits per heavy atom. The number of nitrogen functional groups attached to an aromatic ring is 1. The number of aromatic nitrogens is 1. The lowest BCUT2D eigenvalue weighted by Gasteiger charge is -2.08. The second-order valence-electron chi connectivity index (χ2n) is 5.70. The summed E-state index contributed by atoms with van der Waals surface area (Å²) in [6.45, 7) is 0. The summed E-state index contributed by atoms with van der Waals surface area (Å²) in [5, 5.41) is 1.73. The molecule has 2 nitrogen and oxygen atoms in total. The zero-order valence-corrected chi connectivity index (χ0v) is 13.7. The number of nitrogens with two attached hydrogens (primary N) is 1. The van der Waals surface area contributed by atoms with Crippen molar-refractivity contribution in [3.63, 3.8) is 0 Å². The highest BCUT2D eigenvalue weighted by Crippen LogP contribution is 2.31. The molecule has 2 N–H and O–H groups in total. The fraction of sp³-hybridized carbons (Fsp3) is 0. The Labute approximate surface area is 145 Å². The lowest BCUT2D eigenvalue weighted by atomic mass is 10.0. The molecule has 0 amide bonds. The van der Waals surface area contributed by atoms with Crippen LogP contribution in [0.15, 0.2) is 78.9 Å². The maximum absolute atomic E-state index is 6.10. The zero-order valence-electron chi connectivity index (χ0n) is 12.9. The quantitative estimate of drug-likeness (QED) is 0.471. The van der Waals surface area contributed by atoms with Gasteiger partial charge in [-0.2, -0.15) is 0 Å². The summed E-state index contributed by atoms with van der Waals surface area (Å²) in [4.78, 5) is 4.76. The van der Waals surface area contributed by atoms with Gasteiger partial charge < -0.3 is 5.73 Å². The van der Waals surface area contributed by atoms with Crippen molar-refractivity contribution in [1.82, 2.24) is 4.98 Å². The van der Waals surface area contributed by atoms with Crippen LogP contribution in [0.3, 0.4) is 0 Å². The van der Waals surface area contributed by atoms with Gasteiger partial charge in [-0.3, -0.25) is 0 Å². The largest absolute Gasteiger partial charge is 0.398 e. The van der Waals surface area contributed by atoms with Crippen molar-refractivity contribution >= 4 is 28.2 Å². The Morgan fingerprint density at radius 2 is 1.58 bits per heavy atom. The third-order valence-electron chi connectivity index (χ3n) is 4.08. The molecule has 4 rings (SSSR count). The van der Waals surface area contributed by atoms with E-state index in [4.69, 9.17) is 22.3 Å². The number of nitrogens with zero attached hydrogens (tertiary/aromatic N) is 1. The summed E-state index contributed by atoms with van der Waals surface area (Å²) in [6, 6.07) is 26.1. The second-order valence-corrected chi connectivity index (χ2v) is 6.14. The van der Waals surface area contributed by atoms with Gasteiger partial charge in [0.05, 0.1) is 11.2 Å². The number of hydrogen-bond acceptors (Lipinski definition) is 2. The summed E-state index contributed by atoms with van der Waals surface area (Å²) >= 11 is 5.99. The molecule has 3 aromatic carbocycles. The highest BCUT2D eigenvalue weighted by molar-refractivity contribution is 6.31. The minimum Gasteiger partial charge on any atom is -0.398 e. The molecule has 0 aliphatic heterocycles. The number of halogens is 1. The van der Waals surface area contributed by atoms with Crippen LogP contribution in [0.2, 0.25) is 5.02 Å². The monoisotopic (exact) mass is 330 g/mol. The number of fused-ring (bicyclic) bond motifs is 1. The predicted molar refractivity (Wildman–Crippen MR) is 102 cm³/mol. The van der Waals surface area contributed by atoms with Crippen LogP contribution in [0.25, 0.3) is 33.3 Å². The van der Waals surface area contributed by atoms with E-state index in [0.29, 0.717) is 10.7 Å². The number of benzene rings is 3. The Morgan fingerprint density at radius 3 is 2.38 bits per heavy atom. The lowest BCUT2D eigenvalue weighted by molar-refractivity contribution is 1.40. The van der Waals surface area contributed by atoms with Crippen molar-refractivity contribution in [2.75, 3.05) is 5.73 Å². The van der Waals surface area contributed by atoms with E-state index in [1.165, 1.54) is 0 Å². The average Bonchev–Trinajstić information content (AvgIpc) is 2.62. The van der Waals surface area contributed by atoms with Gasteiger partial charge in [0, 0.05) is 27.2 Å². The van der Waals surface area contributed by atoms with Crippen LogP contribution in [0.4, 0.5) is 5.69 Å². The first-order chi connectivity index (χ1) is 11.7. The fourth-order valence-corrected chi connectivity index (χ4v) is 3.04. The number of anilines is 1. The van der Waals surface area contributed by atoms with E-state index in [-0.39, 0.29) is 0 Å². The molecular weight excluding hydrogens is 316 g/mol. The van der Waals surface area contributed by atoms with Gasteiger partial charge in [0.25, 0.3) is 0 Å². The smallest absolute Gasteiger partial charge is 0.0709 e. The molecule has 0 bridgehead atoms. The fourth-order valence-electron chi connectivity index (χ4n) is 2.86. The first kappa shape index (κ1) is 14.7. The molecule has 0 radical (unpaired) electrons. The van der Waals surface area contributed by atoms with Crippen molar-refractivity contribution in [3.8, 4) is 22.4 Å². The van der Waals surface area contributed by atoms with Crippen LogP contribution in [0.5, 0.6) is 0 Å². The summed E-state index contributed by atoms with van der Waals surface area (Å²) < 4.78 is 0. The molecule has 0 fully saturated rings. The predicted octanol–water partition coefficient (Wildman–Crippen LogP) is 5.80. The molecule has 0 saturated heterocycles. The molecule has 24 heavy (non-hydrogen) atoms. The third-order valence-corrected chi connectivity index (χ3v) is 4.32. The zero-order chi connectivity index (χ0) is 16.5. The molecule has 116 valence electrons. The topological polar surface area (TPSA) is 38.9 Å². The number of pyridine rings is 1. The van der Waals surface area contributed by atoms with Crippen molar-refractivity contribution < 1.29 is 0 Å². The van der Waals surface area contributed by atoms with Crippen LogP contribution in [0, 0.1) is 0 Å². The van der Waals surface area contributed by atoms with E-state index in [1.54, 1.807) is 6.07 Å². The van der Waals surface area contributed by atoms with E-state index in [1.807, 2.05) is 48.5 Å². The van der Waals surface area contributed by atoms with Gasteiger partial charge in [0.1, 0.15) is 0 Å². The van der Waals surface area contributed by atoms with E-state index in [9.17, 15) is 0 Å². The van der Waals surface area contributed by atoms with Crippen LogP contribution >= 0.6 is 11.6 Å². The van der Waals surface area contributed by atoms with Crippen LogP contribution in [0.1, 0.15) is 0 Å². The SMILES string of the molecule is Nc1cc(Cl)ccc1-c1ccc2nc(-c3ccccc3)ccc2c1. The van der Waals surface area contributed by atoms with Gasteiger partial charge in [-0.1, -0.05) is 60.1 Å².